The fourth-order valence-corrected chi connectivity index (χ4v) is 2.57. The molecule has 0 aliphatic carbocycles. The molecule has 0 saturated carbocycles. The third-order valence-electron chi connectivity index (χ3n) is 3.71. The lowest BCUT2D eigenvalue weighted by atomic mass is 10.2. The molecule has 0 bridgehead atoms. The van der Waals surface area contributed by atoms with Gasteiger partial charge in [0.05, 0.1) is 28.6 Å². The molecule has 3 rings (SSSR count). The molecule has 9 nitrogen and oxygen atoms in total. The van der Waals surface area contributed by atoms with Gasteiger partial charge in [0.25, 0.3) is 12.1 Å². The summed E-state index contributed by atoms with van der Waals surface area (Å²) in [5.41, 5.74) is -0.289. The first-order valence-electron chi connectivity index (χ1n) is 8.31. The average Bonchev–Trinajstić information content (AvgIpc) is 3.02. The van der Waals surface area contributed by atoms with Crippen LogP contribution in [0.25, 0.3) is 0 Å². The first-order chi connectivity index (χ1) is 13.8. The lowest BCUT2D eigenvalue weighted by molar-refractivity contribution is -0.384. The summed E-state index contributed by atoms with van der Waals surface area (Å²) in [5, 5.41) is 17.5. The zero-order chi connectivity index (χ0) is 21.0. The van der Waals surface area contributed by atoms with Crippen LogP contribution in [0.2, 0.25) is 0 Å². The largest absolute Gasteiger partial charge is 0.455 e. The van der Waals surface area contributed by atoms with Crippen LogP contribution >= 0.6 is 0 Å². The maximum absolute atomic E-state index is 13.0. The Morgan fingerprint density at radius 1 is 1.31 bits per heavy atom. The van der Waals surface area contributed by atoms with Gasteiger partial charge in [0.15, 0.2) is 0 Å². The molecular weight excluding hydrogens is 388 g/mol. The Hall–Kier alpha value is -3.89. The number of halogens is 2. The quantitative estimate of drug-likeness (QED) is 0.473. The minimum atomic E-state index is -2.79. The molecule has 11 heteroatoms. The van der Waals surface area contributed by atoms with Gasteiger partial charge < -0.3 is 10.1 Å². The van der Waals surface area contributed by atoms with Crippen LogP contribution in [-0.2, 0) is 11.3 Å². The molecule has 2 heterocycles. The van der Waals surface area contributed by atoms with Crippen LogP contribution in [0, 0.1) is 17.0 Å². The topological polar surface area (TPSA) is 112 Å². The van der Waals surface area contributed by atoms with E-state index >= 15 is 0 Å². The number of nitro groups is 1. The molecule has 0 fully saturated rings. The molecule has 3 aromatic rings. The van der Waals surface area contributed by atoms with Crippen LogP contribution in [0.1, 0.15) is 17.8 Å². The molecule has 0 aliphatic heterocycles. The number of hydrogen-bond donors (Lipinski definition) is 1. The molecule has 150 valence electrons. The number of pyridine rings is 1. The molecule has 2 aromatic heterocycles. The number of alkyl halides is 2. The highest BCUT2D eigenvalue weighted by molar-refractivity contribution is 5.91. The number of anilines is 1. The molecule has 0 unspecified atom stereocenters. The number of nitrogens with one attached hydrogen (secondary N) is 1. The van der Waals surface area contributed by atoms with E-state index in [0.29, 0.717) is 11.4 Å². The second-order valence-corrected chi connectivity index (χ2v) is 5.98. The van der Waals surface area contributed by atoms with E-state index in [2.05, 4.69) is 15.4 Å². The van der Waals surface area contributed by atoms with Crippen LogP contribution < -0.4 is 10.1 Å². The summed E-state index contributed by atoms with van der Waals surface area (Å²) in [4.78, 5) is 26.7. The van der Waals surface area contributed by atoms with Gasteiger partial charge in [-0.05, 0) is 25.1 Å². The van der Waals surface area contributed by atoms with Crippen molar-refractivity contribution in [2.75, 3.05) is 5.32 Å². The van der Waals surface area contributed by atoms with Crippen molar-refractivity contribution in [2.24, 2.45) is 0 Å². The number of nitrogens with zero attached hydrogens (tertiary/aromatic N) is 4. The van der Waals surface area contributed by atoms with Gasteiger partial charge in [-0.25, -0.2) is 8.78 Å². The van der Waals surface area contributed by atoms with Gasteiger partial charge >= 0.3 is 0 Å². The number of carbonyl (C=O) groups is 1. The maximum Gasteiger partial charge on any atom is 0.280 e. The monoisotopic (exact) mass is 403 g/mol. The van der Waals surface area contributed by atoms with Crippen molar-refractivity contribution >= 4 is 17.3 Å². The Kier molecular flexibility index (Phi) is 5.77. The highest BCUT2D eigenvalue weighted by Gasteiger charge is 2.18. The van der Waals surface area contributed by atoms with E-state index in [-0.39, 0.29) is 17.1 Å². The molecule has 0 radical (unpaired) electrons. The molecular formula is C18H15F2N5O4. The van der Waals surface area contributed by atoms with Crippen LogP contribution in [-0.4, -0.2) is 25.6 Å². The number of nitro benzene ring substituents is 1. The van der Waals surface area contributed by atoms with Crippen LogP contribution in [0.4, 0.5) is 20.2 Å². The van der Waals surface area contributed by atoms with E-state index in [4.69, 9.17) is 4.74 Å². The van der Waals surface area contributed by atoms with Crippen LogP contribution in [0.15, 0.2) is 48.8 Å². The summed E-state index contributed by atoms with van der Waals surface area (Å²) in [7, 11) is 0. The zero-order valence-electron chi connectivity index (χ0n) is 15.1. The number of aromatic nitrogens is 3. The number of amides is 1. The number of ether oxygens (including phenoxy) is 1. The highest BCUT2D eigenvalue weighted by Crippen LogP contribution is 2.29. The van der Waals surface area contributed by atoms with E-state index in [1.54, 1.807) is 12.1 Å². The van der Waals surface area contributed by atoms with E-state index in [1.165, 1.54) is 37.5 Å². The first-order valence-corrected chi connectivity index (χ1v) is 8.31. The number of non-ortho nitro benzene ring substituents is 1. The van der Waals surface area contributed by atoms with Crippen molar-refractivity contribution < 1.29 is 23.2 Å². The third-order valence-corrected chi connectivity index (χ3v) is 3.71. The van der Waals surface area contributed by atoms with E-state index in [0.717, 1.165) is 10.7 Å². The van der Waals surface area contributed by atoms with Gasteiger partial charge in [-0.3, -0.25) is 24.6 Å². The summed E-state index contributed by atoms with van der Waals surface area (Å²) >= 11 is 0. The molecule has 0 aliphatic rings. The maximum atomic E-state index is 13.0. The Balaban J connectivity index is 1.80. The molecule has 0 spiro atoms. The van der Waals surface area contributed by atoms with Gasteiger partial charge in [0.1, 0.15) is 23.7 Å². The van der Waals surface area contributed by atoms with Crippen molar-refractivity contribution in [3.05, 3.63) is 70.3 Å². The number of rotatable bonds is 7. The van der Waals surface area contributed by atoms with Gasteiger partial charge in [-0.1, -0.05) is 0 Å². The molecule has 0 saturated heterocycles. The smallest absolute Gasteiger partial charge is 0.280 e. The normalized spacial score (nSPS) is 10.8. The highest BCUT2D eigenvalue weighted by atomic mass is 19.3. The number of benzene rings is 1. The molecule has 1 N–H and O–H groups in total. The third kappa shape index (κ3) is 5.09. The van der Waals surface area contributed by atoms with Crippen molar-refractivity contribution in [1.82, 2.24) is 14.8 Å². The number of carbonyl (C=O) groups excluding carboxylic acids is 1. The predicted molar refractivity (Wildman–Crippen MR) is 98.0 cm³/mol. The SMILES string of the molecule is Cc1cc(C(F)F)n(CC(=O)Nc2cc(Oc3cccnc3)cc([N+](=O)[O-])c2)n1. The van der Waals surface area contributed by atoms with E-state index in [9.17, 15) is 23.7 Å². The Morgan fingerprint density at radius 3 is 2.76 bits per heavy atom. The Morgan fingerprint density at radius 2 is 2.10 bits per heavy atom. The summed E-state index contributed by atoms with van der Waals surface area (Å²) in [6.07, 6.45) is 0.167. The minimum Gasteiger partial charge on any atom is -0.455 e. The fourth-order valence-electron chi connectivity index (χ4n) is 2.57. The lowest BCUT2D eigenvalue weighted by Gasteiger charge is -2.10. The molecule has 1 aromatic carbocycles. The number of aryl methyl sites for hydroxylation is 1. The van der Waals surface area contributed by atoms with Crippen LogP contribution in [0.5, 0.6) is 11.5 Å². The molecule has 0 atom stereocenters. The number of hydrogen-bond acceptors (Lipinski definition) is 6. The molecule has 29 heavy (non-hydrogen) atoms. The van der Waals surface area contributed by atoms with Crippen molar-refractivity contribution in [3.63, 3.8) is 0 Å². The van der Waals surface area contributed by atoms with Gasteiger partial charge in [0, 0.05) is 18.3 Å². The van der Waals surface area contributed by atoms with Gasteiger partial charge in [0.2, 0.25) is 5.91 Å². The van der Waals surface area contributed by atoms with Crippen molar-refractivity contribution in [2.45, 2.75) is 19.9 Å². The summed E-state index contributed by atoms with van der Waals surface area (Å²) in [6.45, 7) is 1.05. The van der Waals surface area contributed by atoms with E-state index in [1.807, 2.05) is 0 Å². The lowest BCUT2D eigenvalue weighted by Crippen LogP contribution is -2.21. The van der Waals surface area contributed by atoms with Crippen molar-refractivity contribution in [3.8, 4) is 11.5 Å². The molecule has 1 amide bonds. The summed E-state index contributed by atoms with van der Waals surface area (Å²) in [5.74, 6) is -0.229. The van der Waals surface area contributed by atoms with Gasteiger partial charge in [-0.2, -0.15) is 5.10 Å². The van der Waals surface area contributed by atoms with Crippen LogP contribution in [0.3, 0.4) is 0 Å². The summed E-state index contributed by atoms with van der Waals surface area (Å²) < 4.78 is 32.5. The van der Waals surface area contributed by atoms with Gasteiger partial charge in [-0.15, -0.1) is 0 Å². The zero-order valence-corrected chi connectivity index (χ0v) is 15.1. The summed E-state index contributed by atoms with van der Waals surface area (Å²) in [6, 6.07) is 8.12. The fraction of sp³-hybridized carbons (Fsp3) is 0.167. The van der Waals surface area contributed by atoms with E-state index < -0.39 is 29.5 Å². The Labute approximate surface area is 163 Å². The first kappa shape index (κ1) is 19.9. The second kappa shape index (κ2) is 8.42. The standard InChI is InChI=1S/C18H15F2N5O4/c1-11-5-16(18(19)20)24(23-11)10-17(26)22-12-6-13(25(27)28)8-15(7-12)29-14-3-2-4-21-9-14/h2-9,18H,10H2,1H3,(H,22,26). The minimum absolute atomic E-state index is 0.0746. The van der Waals surface area contributed by atoms with Crippen molar-refractivity contribution in [1.29, 1.82) is 0 Å². The second-order valence-electron chi connectivity index (χ2n) is 5.98. The Bertz CT molecular complexity index is 1040. The average molecular weight is 403 g/mol. The predicted octanol–water partition coefficient (Wildman–Crippen LogP) is 3.86.